The van der Waals surface area contributed by atoms with Crippen LogP contribution in [0.3, 0.4) is 0 Å². The van der Waals surface area contributed by atoms with E-state index in [9.17, 15) is 4.79 Å². The second kappa shape index (κ2) is 5.32. The van der Waals surface area contributed by atoms with Gasteiger partial charge in [-0.3, -0.25) is 0 Å². The predicted molar refractivity (Wildman–Crippen MR) is 72.4 cm³/mol. The van der Waals surface area contributed by atoms with E-state index in [1.807, 2.05) is 48.5 Å². The molecule has 0 saturated heterocycles. The fraction of sp³-hybridized carbons (Fsp3) is 0.0625. The summed E-state index contributed by atoms with van der Waals surface area (Å²) in [5.74, 6) is -0.345. The van der Waals surface area contributed by atoms with Gasteiger partial charge in [-0.15, -0.1) is 0 Å². The second-order valence-electron chi connectivity index (χ2n) is 3.88. The highest BCUT2D eigenvalue weighted by atomic mass is 16.5. The topological polar surface area (TPSA) is 26.3 Å². The Morgan fingerprint density at radius 1 is 0.944 bits per heavy atom. The van der Waals surface area contributed by atoms with E-state index in [-0.39, 0.29) is 5.97 Å². The van der Waals surface area contributed by atoms with Crippen molar-refractivity contribution in [2.45, 2.75) is 0 Å². The number of hydrogen-bond donors (Lipinski definition) is 0. The maximum Gasteiger partial charge on any atom is 0.338 e. The molecule has 2 nitrogen and oxygen atoms in total. The second-order valence-corrected chi connectivity index (χ2v) is 3.88. The molecule has 0 bridgehead atoms. The molecule has 0 aromatic heterocycles. The molecule has 0 spiro atoms. The normalized spacial score (nSPS) is 9.83. The first-order valence-corrected chi connectivity index (χ1v) is 5.66. The summed E-state index contributed by atoms with van der Waals surface area (Å²) in [6.07, 6.45) is 0. The van der Waals surface area contributed by atoms with Gasteiger partial charge in [-0.2, -0.15) is 0 Å². The van der Waals surface area contributed by atoms with Gasteiger partial charge < -0.3 is 4.74 Å². The highest BCUT2D eigenvalue weighted by Crippen LogP contribution is 2.24. The largest absolute Gasteiger partial charge is 0.465 e. The Hall–Kier alpha value is -2.35. The molecule has 90 valence electrons. The minimum Gasteiger partial charge on any atom is -0.465 e. The first-order valence-electron chi connectivity index (χ1n) is 5.66. The van der Waals surface area contributed by atoms with Gasteiger partial charge in [0, 0.05) is 0 Å². The van der Waals surface area contributed by atoms with Gasteiger partial charge >= 0.3 is 5.97 Å². The van der Waals surface area contributed by atoms with E-state index in [1.165, 1.54) is 7.11 Å². The number of hydrogen-bond acceptors (Lipinski definition) is 2. The first kappa shape index (κ1) is 12.1. The van der Waals surface area contributed by atoms with Crippen LogP contribution in [0, 0.1) is 0 Å². The quantitative estimate of drug-likeness (QED) is 0.764. The zero-order chi connectivity index (χ0) is 13.0. The van der Waals surface area contributed by atoms with Gasteiger partial charge in [-0.1, -0.05) is 55.1 Å². The molecule has 0 aliphatic heterocycles. The standard InChI is InChI=1S/C16H14O2/c1-12(13-8-4-3-5-9-13)14-10-6-7-11-15(14)16(17)18-2/h3-11H,1H2,2H3. The molecule has 0 unspecified atom stereocenters. The molecule has 2 aromatic rings. The third-order valence-electron chi connectivity index (χ3n) is 2.78. The molecular formula is C16H14O2. The van der Waals surface area contributed by atoms with Crippen LogP contribution in [0.15, 0.2) is 61.2 Å². The summed E-state index contributed by atoms with van der Waals surface area (Å²) in [4.78, 5) is 11.7. The number of rotatable bonds is 3. The van der Waals surface area contributed by atoms with Gasteiger partial charge in [-0.25, -0.2) is 4.79 Å². The lowest BCUT2D eigenvalue weighted by Gasteiger charge is -2.10. The summed E-state index contributed by atoms with van der Waals surface area (Å²) in [6, 6.07) is 17.1. The maximum absolute atomic E-state index is 11.7. The summed E-state index contributed by atoms with van der Waals surface area (Å²) < 4.78 is 4.78. The number of carbonyl (C=O) groups excluding carboxylic acids is 1. The zero-order valence-electron chi connectivity index (χ0n) is 10.2. The predicted octanol–water partition coefficient (Wildman–Crippen LogP) is 3.53. The molecule has 18 heavy (non-hydrogen) atoms. The molecule has 0 radical (unpaired) electrons. The number of methoxy groups -OCH3 is 1. The molecule has 2 rings (SSSR count). The Balaban J connectivity index is 2.46. The highest BCUT2D eigenvalue weighted by Gasteiger charge is 2.13. The fourth-order valence-electron chi connectivity index (χ4n) is 1.83. The van der Waals surface area contributed by atoms with Crippen molar-refractivity contribution in [3.05, 3.63) is 77.9 Å². The van der Waals surface area contributed by atoms with Crippen molar-refractivity contribution in [3.63, 3.8) is 0 Å². The molecule has 0 heterocycles. The molecular weight excluding hydrogens is 224 g/mol. The van der Waals surface area contributed by atoms with E-state index in [4.69, 9.17) is 4.74 Å². The molecule has 0 fully saturated rings. The molecule has 0 amide bonds. The van der Waals surface area contributed by atoms with Crippen LogP contribution in [0.2, 0.25) is 0 Å². The highest BCUT2D eigenvalue weighted by molar-refractivity contribution is 5.97. The van der Waals surface area contributed by atoms with Crippen LogP contribution < -0.4 is 0 Å². The number of benzene rings is 2. The van der Waals surface area contributed by atoms with Crippen molar-refractivity contribution in [1.29, 1.82) is 0 Å². The summed E-state index contributed by atoms with van der Waals surface area (Å²) in [6.45, 7) is 4.06. The molecule has 0 atom stereocenters. The van der Waals surface area contributed by atoms with Gasteiger partial charge in [0.1, 0.15) is 0 Å². The third-order valence-corrected chi connectivity index (χ3v) is 2.78. The monoisotopic (exact) mass is 238 g/mol. The van der Waals surface area contributed by atoms with Crippen LogP contribution in [0.1, 0.15) is 21.5 Å². The van der Waals surface area contributed by atoms with Crippen molar-refractivity contribution in [1.82, 2.24) is 0 Å². The molecule has 0 aliphatic rings. The van der Waals surface area contributed by atoms with Crippen molar-refractivity contribution >= 4 is 11.5 Å². The van der Waals surface area contributed by atoms with Crippen LogP contribution in [0.4, 0.5) is 0 Å². The van der Waals surface area contributed by atoms with E-state index in [0.29, 0.717) is 5.56 Å². The first-order chi connectivity index (χ1) is 8.74. The van der Waals surface area contributed by atoms with Crippen molar-refractivity contribution < 1.29 is 9.53 Å². The van der Waals surface area contributed by atoms with E-state index in [2.05, 4.69) is 6.58 Å². The van der Waals surface area contributed by atoms with Crippen molar-refractivity contribution in [2.24, 2.45) is 0 Å². The van der Waals surface area contributed by atoms with Crippen LogP contribution in [0.5, 0.6) is 0 Å². The maximum atomic E-state index is 11.7. The molecule has 2 aromatic carbocycles. The Morgan fingerprint density at radius 2 is 1.50 bits per heavy atom. The van der Waals surface area contributed by atoms with E-state index >= 15 is 0 Å². The Morgan fingerprint density at radius 3 is 2.11 bits per heavy atom. The minimum atomic E-state index is -0.345. The smallest absolute Gasteiger partial charge is 0.338 e. The lowest BCUT2D eigenvalue weighted by atomic mass is 9.95. The lowest BCUT2D eigenvalue weighted by Crippen LogP contribution is -2.05. The SMILES string of the molecule is C=C(c1ccccc1)c1ccccc1C(=O)OC. The van der Waals surface area contributed by atoms with Crippen LogP contribution in [-0.4, -0.2) is 13.1 Å². The van der Waals surface area contributed by atoms with Gasteiger partial charge in [0.15, 0.2) is 0 Å². The van der Waals surface area contributed by atoms with Crippen LogP contribution in [0.25, 0.3) is 5.57 Å². The van der Waals surface area contributed by atoms with Crippen molar-refractivity contribution in [3.8, 4) is 0 Å². The summed E-state index contributed by atoms with van der Waals surface area (Å²) in [5.41, 5.74) is 3.15. The molecule has 0 N–H and O–H groups in total. The molecule has 0 saturated carbocycles. The van der Waals surface area contributed by atoms with Crippen LogP contribution >= 0.6 is 0 Å². The average molecular weight is 238 g/mol. The molecule has 0 aliphatic carbocycles. The Bertz CT molecular complexity index is 571. The van der Waals surface area contributed by atoms with Gasteiger partial charge in [0.25, 0.3) is 0 Å². The summed E-state index contributed by atoms with van der Waals surface area (Å²) in [5, 5.41) is 0. The van der Waals surface area contributed by atoms with E-state index in [0.717, 1.165) is 16.7 Å². The van der Waals surface area contributed by atoms with Gasteiger partial charge in [0.2, 0.25) is 0 Å². The van der Waals surface area contributed by atoms with Crippen LogP contribution in [-0.2, 0) is 4.74 Å². The fourth-order valence-corrected chi connectivity index (χ4v) is 1.83. The number of esters is 1. The summed E-state index contributed by atoms with van der Waals surface area (Å²) >= 11 is 0. The Kier molecular flexibility index (Phi) is 3.58. The summed E-state index contributed by atoms with van der Waals surface area (Å²) in [7, 11) is 1.38. The zero-order valence-corrected chi connectivity index (χ0v) is 10.2. The van der Waals surface area contributed by atoms with Gasteiger partial charge in [-0.05, 0) is 22.8 Å². The third kappa shape index (κ3) is 2.33. The van der Waals surface area contributed by atoms with Crippen molar-refractivity contribution in [2.75, 3.05) is 7.11 Å². The van der Waals surface area contributed by atoms with E-state index in [1.54, 1.807) is 6.07 Å². The number of ether oxygens (including phenoxy) is 1. The molecule has 2 heteroatoms. The van der Waals surface area contributed by atoms with Gasteiger partial charge in [0.05, 0.1) is 12.7 Å². The minimum absolute atomic E-state index is 0.345. The Labute approximate surface area is 107 Å². The average Bonchev–Trinajstić information content (AvgIpc) is 2.46. The number of carbonyl (C=O) groups is 1. The lowest BCUT2D eigenvalue weighted by molar-refractivity contribution is 0.0600. The van der Waals surface area contributed by atoms with E-state index < -0.39 is 0 Å².